The summed E-state index contributed by atoms with van der Waals surface area (Å²) in [5, 5.41) is 22.3. The molecule has 0 fully saturated rings. The van der Waals surface area contributed by atoms with E-state index >= 15 is 0 Å². The number of nitrogens with zero attached hydrogens (tertiary/aromatic N) is 3. The summed E-state index contributed by atoms with van der Waals surface area (Å²) in [5.74, 6) is -0.0390. The second-order valence-corrected chi connectivity index (χ2v) is 4.43. The maximum absolute atomic E-state index is 9.76. The lowest BCUT2D eigenvalue weighted by Gasteiger charge is -1.95. The first kappa shape index (κ1) is 13.2. The molecule has 0 aliphatic rings. The number of azo groups is 1. The second kappa shape index (κ2) is 5.57. The standard InChI is InChI=1S/C12H13N5OS/c1-7(2)14-16-12(19)17-15-10-8-5-3-4-6-9(8)13-11(10)18/h3-6,13,18H,1-2H3,(H,16,19). The largest absolute Gasteiger partial charge is 0.493 e. The number of nitrogens with one attached hydrogen (secondary N) is 2. The molecule has 0 saturated heterocycles. The van der Waals surface area contributed by atoms with Crippen LogP contribution in [0.4, 0.5) is 5.69 Å². The second-order valence-electron chi connectivity index (χ2n) is 4.04. The van der Waals surface area contributed by atoms with Gasteiger partial charge in [-0.2, -0.15) is 5.10 Å². The molecule has 2 rings (SSSR count). The molecule has 1 heterocycles. The van der Waals surface area contributed by atoms with E-state index < -0.39 is 0 Å². The first-order valence-electron chi connectivity index (χ1n) is 5.60. The molecule has 6 nitrogen and oxygen atoms in total. The van der Waals surface area contributed by atoms with Crippen LogP contribution in [0.3, 0.4) is 0 Å². The van der Waals surface area contributed by atoms with Crippen LogP contribution >= 0.6 is 12.2 Å². The van der Waals surface area contributed by atoms with Crippen LogP contribution < -0.4 is 5.43 Å². The van der Waals surface area contributed by atoms with Crippen LogP contribution in [0.25, 0.3) is 10.9 Å². The lowest BCUT2D eigenvalue weighted by molar-refractivity contribution is 0.459. The Morgan fingerprint density at radius 1 is 1.32 bits per heavy atom. The van der Waals surface area contributed by atoms with Crippen molar-refractivity contribution in [2.45, 2.75) is 13.8 Å². The highest BCUT2D eigenvalue weighted by molar-refractivity contribution is 7.80. The highest BCUT2D eigenvalue weighted by atomic mass is 32.1. The fraction of sp³-hybridized carbons (Fsp3) is 0.167. The Balaban J connectivity index is 2.24. The van der Waals surface area contributed by atoms with E-state index in [1.165, 1.54) is 0 Å². The highest BCUT2D eigenvalue weighted by Crippen LogP contribution is 2.34. The van der Waals surface area contributed by atoms with Gasteiger partial charge in [-0.25, -0.2) is 0 Å². The number of H-pyrrole nitrogens is 1. The summed E-state index contributed by atoms with van der Waals surface area (Å²) in [4.78, 5) is 2.81. The van der Waals surface area contributed by atoms with Gasteiger partial charge in [0.2, 0.25) is 11.0 Å². The van der Waals surface area contributed by atoms with Gasteiger partial charge in [0.05, 0.1) is 5.52 Å². The van der Waals surface area contributed by atoms with E-state index in [2.05, 4.69) is 25.7 Å². The maximum Gasteiger partial charge on any atom is 0.234 e. The minimum atomic E-state index is -0.0390. The van der Waals surface area contributed by atoms with Crippen molar-refractivity contribution in [3.63, 3.8) is 0 Å². The summed E-state index contributed by atoms with van der Waals surface area (Å²) in [7, 11) is 0. The summed E-state index contributed by atoms with van der Waals surface area (Å²) in [5.41, 5.74) is 4.55. The van der Waals surface area contributed by atoms with Crippen molar-refractivity contribution in [2.75, 3.05) is 0 Å². The molecular weight excluding hydrogens is 262 g/mol. The molecule has 0 bridgehead atoms. The summed E-state index contributed by atoms with van der Waals surface area (Å²) in [6.45, 7) is 3.66. The van der Waals surface area contributed by atoms with E-state index in [9.17, 15) is 5.11 Å². The number of hydrazone groups is 1. The molecule has 0 atom stereocenters. The number of benzene rings is 1. The lowest BCUT2D eigenvalue weighted by Crippen LogP contribution is -2.12. The van der Waals surface area contributed by atoms with Gasteiger partial charge in [-0.15, -0.1) is 10.2 Å². The van der Waals surface area contributed by atoms with Crippen LogP contribution in [0, 0.1) is 0 Å². The van der Waals surface area contributed by atoms with E-state index in [0.717, 1.165) is 16.6 Å². The third-order valence-electron chi connectivity index (χ3n) is 2.28. The van der Waals surface area contributed by atoms with Crippen LogP contribution in [0.2, 0.25) is 0 Å². The van der Waals surface area contributed by atoms with Gasteiger partial charge in [0.25, 0.3) is 0 Å². The monoisotopic (exact) mass is 275 g/mol. The van der Waals surface area contributed by atoms with Gasteiger partial charge < -0.3 is 10.1 Å². The van der Waals surface area contributed by atoms with Crippen molar-refractivity contribution in [2.24, 2.45) is 15.3 Å². The number of fused-ring (bicyclic) bond motifs is 1. The molecule has 3 N–H and O–H groups in total. The molecule has 0 aliphatic carbocycles. The van der Waals surface area contributed by atoms with Crippen LogP contribution in [0.15, 0.2) is 39.6 Å². The molecule has 1 aromatic carbocycles. The molecule has 7 heteroatoms. The van der Waals surface area contributed by atoms with Gasteiger partial charge in [-0.1, -0.05) is 18.2 Å². The molecule has 0 unspecified atom stereocenters. The van der Waals surface area contributed by atoms with Crippen molar-refractivity contribution >= 4 is 39.6 Å². The van der Waals surface area contributed by atoms with Crippen LogP contribution in [0.5, 0.6) is 5.88 Å². The molecule has 0 saturated carbocycles. The van der Waals surface area contributed by atoms with Crippen LogP contribution in [0.1, 0.15) is 13.8 Å². The number of para-hydroxylation sites is 1. The van der Waals surface area contributed by atoms with E-state index in [0.29, 0.717) is 5.69 Å². The molecule has 0 radical (unpaired) electrons. The van der Waals surface area contributed by atoms with Crippen molar-refractivity contribution in [3.8, 4) is 5.88 Å². The van der Waals surface area contributed by atoms with Gasteiger partial charge in [0, 0.05) is 11.1 Å². The molecule has 0 amide bonds. The topological polar surface area (TPSA) is 85.1 Å². The van der Waals surface area contributed by atoms with Crippen molar-refractivity contribution in [1.82, 2.24) is 10.4 Å². The summed E-state index contributed by atoms with van der Waals surface area (Å²) in [6.07, 6.45) is 0. The summed E-state index contributed by atoms with van der Waals surface area (Å²) < 4.78 is 0. The number of aromatic nitrogens is 1. The van der Waals surface area contributed by atoms with Gasteiger partial charge in [0.15, 0.2) is 5.69 Å². The Morgan fingerprint density at radius 2 is 2.05 bits per heavy atom. The zero-order chi connectivity index (χ0) is 13.8. The van der Waals surface area contributed by atoms with Gasteiger partial charge in [0.1, 0.15) is 0 Å². The highest BCUT2D eigenvalue weighted by Gasteiger charge is 2.09. The number of aromatic amines is 1. The normalized spacial score (nSPS) is 10.8. The number of aromatic hydroxyl groups is 1. The van der Waals surface area contributed by atoms with Crippen molar-refractivity contribution < 1.29 is 5.11 Å². The molecule has 0 spiro atoms. The zero-order valence-corrected chi connectivity index (χ0v) is 11.3. The molecule has 98 valence electrons. The minimum absolute atomic E-state index is 0.0390. The zero-order valence-electron chi connectivity index (χ0n) is 10.5. The molecular formula is C12H13N5OS. The molecule has 0 aliphatic heterocycles. The molecule has 19 heavy (non-hydrogen) atoms. The van der Waals surface area contributed by atoms with E-state index in [1.54, 1.807) is 0 Å². The number of hydrogen-bond donors (Lipinski definition) is 3. The average Bonchev–Trinajstić information content (AvgIpc) is 2.69. The number of thiocarbonyl (C=S) groups is 1. The third kappa shape index (κ3) is 3.14. The van der Waals surface area contributed by atoms with E-state index in [1.807, 2.05) is 38.1 Å². The smallest absolute Gasteiger partial charge is 0.234 e. The Morgan fingerprint density at radius 3 is 2.79 bits per heavy atom. The quantitative estimate of drug-likeness (QED) is 0.340. The predicted octanol–water partition coefficient (Wildman–Crippen LogP) is 3.23. The average molecular weight is 275 g/mol. The number of rotatable bonds is 2. The third-order valence-corrected chi connectivity index (χ3v) is 2.45. The Hall–Kier alpha value is -2.28. The van der Waals surface area contributed by atoms with Crippen molar-refractivity contribution in [3.05, 3.63) is 24.3 Å². The van der Waals surface area contributed by atoms with E-state index in [-0.39, 0.29) is 11.0 Å². The number of hydrogen-bond acceptors (Lipinski definition) is 4. The Bertz CT molecular complexity index is 670. The van der Waals surface area contributed by atoms with Gasteiger partial charge in [-0.3, -0.25) is 5.43 Å². The molecule has 2 aromatic rings. The first-order chi connectivity index (χ1) is 9.08. The summed E-state index contributed by atoms with van der Waals surface area (Å²) >= 11 is 4.94. The lowest BCUT2D eigenvalue weighted by atomic mass is 10.2. The van der Waals surface area contributed by atoms with Gasteiger partial charge in [-0.05, 0) is 32.1 Å². The van der Waals surface area contributed by atoms with Gasteiger partial charge >= 0.3 is 0 Å². The van der Waals surface area contributed by atoms with Crippen LogP contribution in [-0.4, -0.2) is 20.9 Å². The Kier molecular flexibility index (Phi) is 3.86. The maximum atomic E-state index is 9.76. The van der Waals surface area contributed by atoms with Crippen molar-refractivity contribution in [1.29, 1.82) is 0 Å². The van der Waals surface area contributed by atoms with E-state index in [4.69, 9.17) is 12.2 Å². The molecule has 1 aromatic heterocycles. The summed E-state index contributed by atoms with van der Waals surface area (Å²) in [6, 6.07) is 7.40. The first-order valence-corrected chi connectivity index (χ1v) is 6.01. The fourth-order valence-electron chi connectivity index (χ4n) is 1.49. The van der Waals surface area contributed by atoms with Crippen LogP contribution in [-0.2, 0) is 0 Å². The minimum Gasteiger partial charge on any atom is -0.493 e. The fourth-order valence-corrected chi connectivity index (χ4v) is 1.58. The predicted molar refractivity (Wildman–Crippen MR) is 79.0 cm³/mol. The Labute approximate surface area is 115 Å². The SMILES string of the molecule is CC(C)=NNC(=S)N=Nc1c(O)[nH]c2ccccc12.